The molecule has 6 heteroatoms. The lowest BCUT2D eigenvalue weighted by molar-refractivity contribution is -0.113. The summed E-state index contributed by atoms with van der Waals surface area (Å²) in [5.41, 5.74) is 1.32. The van der Waals surface area contributed by atoms with Crippen LogP contribution < -0.4 is 10.2 Å². The van der Waals surface area contributed by atoms with E-state index in [2.05, 4.69) is 28.4 Å². The first-order chi connectivity index (χ1) is 13.1. The van der Waals surface area contributed by atoms with Crippen LogP contribution in [0.3, 0.4) is 0 Å². The van der Waals surface area contributed by atoms with E-state index in [0.717, 1.165) is 12.8 Å². The Morgan fingerprint density at radius 2 is 2.04 bits per heavy atom. The van der Waals surface area contributed by atoms with Crippen molar-refractivity contribution in [2.45, 2.75) is 38.1 Å². The van der Waals surface area contributed by atoms with E-state index >= 15 is 0 Å². The van der Waals surface area contributed by atoms with E-state index in [9.17, 15) is 9.18 Å². The van der Waals surface area contributed by atoms with Crippen LogP contribution in [0.4, 0.5) is 16.0 Å². The average Bonchev–Trinajstić information content (AvgIpc) is 2.71. The zero-order chi connectivity index (χ0) is 19.2. The van der Waals surface area contributed by atoms with Crippen LogP contribution in [0, 0.1) is 5.82 Å². The van der Waals surface area contributed by atoms with Crippen molar-refractivity contribution >= 4 is 17.5 Å². The van der Waals surface area contributed by atoms with Gasteiger partial charge in [-0.25, -0.2) is 14.4 Å². The summed E-state index contributed by atoms with van der Waals surface area (Å²) in [6.07, 6.45) is 9.55. The number of benzene rings is 1. The number of carbonyl (C=O) groups is 1. The van der Waals surface area contributed by atoms with Gasteiger partial charge in [-0.15, -0.1) is 0 Å². The molecule has 1 N–H and O–H groups in total. The Bertz CT molecular complexity index is 846. The van der Waals surface area contributed by atoms with Gasteiger partial charge >= 0.3 is 0 Å². The minimum Gasteiger partial charge on any atom is -0.351 e. The van der Waals surface area contributed by atoms with Gasteiger partial charge in [-0.3, -0.25) is 9.69 Å². The van der Waals surface area contributed by atoms with Gasteiger partial charge in [0.15, 0.2) is 5.82 Å². The summed E-state index contributed by atoms with van der Waals surface area (Å²) in [5.74, 6) is -0.405. The monoisotopic (exact) mass is 366 g/mol. The predicted molar refractivity (Wildman–Crippen MR) is 106 cm³/mol. The maximum absolute atomic E-state index is 14.4. The molecule has 3 rings (SSSR count). The Labute approximate surface area is 158 Å². The molecular formula is C21H23FN4O. The molecule has 1 fully saturated rings. The van der Waals surface area contributed by atoms with Crippen molar-refractivity contribution in [2.75, 3.05) is 10.2 Å². The number of aromatic nitrogens is 2. The van der Waals surface area contributed by atoms with Gasteiger partial charge < -0.3 is 5.32 Å². The summed E-state index contributed by atoms with van der Waals surface area (Å²) in [7, 11) is 0. The predicted octanol–water partition coefficient (Wildman–Crippen LogP) is 4.69. The summed E-state index contributed by atoms with van der Waals surface area (Å²) in [6, 6.07) is 7.25. The maximum Gasteiger partial charge on any atom is 0.254 e. The summed E-state index contributed by atoms with van der Waals surface area (Å²) in [4.78, 5) is 21.8. The quantitative estimate of drug-likeness (QED) is 0.754. The number of nitrogens with one attached hydrogen (secondary N) is 1. The lowest BCUT2D eigenvalue weighted by atomic mass is 9.96. The molecule has 1 aromatic heterocycles. The molecule has 5 nitrogen and oxygen atoms in total. The van der Waals surface area contributed by atoms with E-state index in [0.29, 0.717) is 23.2 Å². The Kier molecular flexibility index (Phi) is 5.96. The molecular weight excluding hydrogens is 343 g/mol. The summed E-state index contributed by atoms with van der Waals surface area (Å²) < 4.78 is 14.4. The van der Waals surface area contributed by atoms with Gasteiger partial charge in [-0.2, -0.15) is 0 Å². The average molecular weight is 366 g/mol. The Morgan fingerprint density at radius 1 is 1.26 bits per heavy atom. The molecule has 140 valence electrons. The zero-order valence-electron chi connectivity index (χ0n) is 15.2. The summed E-state index contributed by atoms with van der Waals surface area (Å²) in [6.45, 7) is 7.14. The SMILES string of the molecule is C=CC(=O)N(C=C)c1cccc(-c2nc(NC3CCCCC3)ncc2F)c1. The van der Waals surface area contributed by atoms with Crippen molar-refractivity contribution in [3.63, 3.8) is 0 Å². The zero-order valence-corrected chi connectivity index (χ0v) is 15.2. The van der Waals surface area contributed by atoms with Crippen LogP contribution in [0.15, 0.2) is 55.9 Å². The van der Waals surface area contributed by atoms with Gasteiger partial charge in [0.25, 0.3) is 5.91 Å². The molecule has 1 aliphatic carbocycles. The van der Waals surface area contributed by atoms with E-state index in [1.807, 2.05) is 0 Å². The molecule has 0 bridgehead atoms. The Balaban J connectivity index is 1.90. The van der Waals surface area contributed by atoms with Crippen molar-refractivity contribution in [1.29, 1.82) is 0 Å². The molecule has 1 heterocycles. The van der Waals surface area contributed by atoms with Crippen LogP contribution in [-0.4, -0.2) is 21.9 Å². The standard InChI is InChI=1S/C21H23FN4O/c1-3-19(27)26(4-2)17-12-8-9-15(13-17)20-18(22)14-23-21(25-20)24-16-10-6-5-7-11-16/h3-4,8-9,12-14,16H,1-2,5-7,10-11H2,(H,23,24,25). The number of halogens is 1. The van der Waals surface area contributed by atoms with E-state index in [1.165, 1.54) is 42.6 Å². The number of hydrogen-bond acceptors (Lipinski definition) is 4. The van der Waals surface area contributed by atoms with Crippen LogP contribution >= 0.6 is 0 Å². The third-order valence-corrected chi connectivity index (χ3v) is 4.67. The topological polar surface area (TPSA) is 58.1 Å². The lowest BCUT2D eigenvalue weighted by Gasteiger charge is -2.23. The second kappa shape index (κ2) is 8.58. The number of rotatable bonds is 6. The molecule has 0 spiro atoms. The van der Waals surface area contributed by atoms with Gasteiger partial charge in [0, 0.05) is 23.5 Å². The van der Waals surface area contributed by atoms with E-state index in [-0.39, 0.29) is 11.6 Å². The minimum atomic E-state index is -0.512. The molecule has 1 aliphatic rings. The smallest absolute Gasteiger partial charge is 0.254 e. The number of carbonyl (C=O) groups excluding carboxylic acids is 1. The maximum atomic E-state index is 14.4. The van der Waals surface area contributed by atoms with Crippen molar-refractivity contribution in [1.82, 2.24) is 9.97 Å². The molecule has 2 aromatic rings. The number of hydrogen-bond donors (Lipinski definition) is 1. The lowest BCUT2D eigenvalue weighted by Crippen LogP contribution is -2.23. The molecule has 0 aliphatic heterocycles. The van der Waals surface area contributed by atoms with E-state index < -0.39 is 5.82 Å². The minimum absolute atomic E-state index is 0.195. The fourth-order valence-corrected chi connectivity index (χ4v) is 3.29. The van der Waals surface area contributed by atoms with Crippen molar-refractivity contribution in [3.05, 3.63) is 61.7 Å². The highest BCUT2D eigenvalue weighted by Gasteiger charge is 2.17. The van der Waals surface area contributed by atoms with Gasteiger partial charge in [0.2, 0.25) is 5.95 Å². The molecule has 1 saturated carbocycles. The van der Waals surface area contributed by atoms with Crippen molar-refractivity contribution in [3.8, 4) is 11.3 Å². The Morgan fingerprint density at radius 3 is 2.74 bits per heavy atom. The third kappa shape index (κ3) is 4.39. The molecule has 0 unspecified atom stereocenters. The molecule has 0 radical (unpaired) electrons. The second-order valence-corrected chi connectivity index (χ2v) is 6.51. The first-order valence-electron chi connectivity index (χ1n) is 9.10. The molecule has 0 saturated heterocycles. The number of nitrogens with zero attached hydrogens (tertiary/aromatic N) is 3. The van der Waals surface area contributed by atoms with E-state index in [1.54, 1.807) is 24.3 Å². The molecule has 1 amide bonds. The highest BCUT2D eigenvalue weighted by Crippen LogP contribution is 2.27. The van der Waals surface area contributed by atoms with Crippen molar-refractivity contribution in [2.24, 2.45) is 0 Å². The summed E-state index contributed by atoms with van der Waals surface area (Å²) >= 11 is 0. The summed E-state index contributed by atoms with van der Waals surface area (Å²) in [5, 5.41) is 3.31. The normalized spacial score (nSPS) is 14.4. The fraction of sp³-hybridized carbons (Fsp3) is 0.286. The van der Waals surface area contributed by atoms with Crippen molar-refractivity contribution < 1.29 is 9.18 Å². The van der Waals surface area contributed by atoms with Gasteiger partial charge in [-0.1, -0.05) is 44.6 Å². The van der Waals surface area contributed by atoms with Crippen LogP contribution in [-0.2, 0) is 4.79 Å². The van der Waals surface area contributed by atoms with Crippen LogP contribution in [0.5, 0.6) is 0 Å². The first kappa shape index (κ1) is 18.8. The highest BCUT2D eigenvalue weighted by atomic mass is 19.1. The molecule has 0 atom stereocenters. The second-order valence-electron chi connectivity index (χ2n) is 6.51. The van der Waals surface area contributed by atoms with Gasteiger partial charge in [-0.05, 0) is 31.1 Å². The molecule has 27 heavy (non-hydrogen) atoms. The highest BCUT2D eigenvalue weighted by molar-refractivity contribution is 6.02. The Hall–Kier alpha value is -3.02. The van der Waals surface area contributed by atoms with Crippen LogP contribution in [0.25, 0.3) is 11.3 Å². The first-order valence-corrected chi connectivity index (χ1v) is 9.10. The van der Waals surface area contributed by atoms with Gasteiger partial charge in [0.05, 0.1) is 6.20 Å². The molecule has 1 aromatic carbocycles. The van der Waals surface area contributed by atoms with E-state index in [4.69, 9.17) is 0 Å². The van der Waals surface area contributed by atoms with Crippen LogP contribution in [0.1, 0.15) is 32.1 Å². The van der Waals surface area contributed by atoms with Gasteiger partial charge in [0.1, 0.15) is 5.69 Å². The largest absolute Gasteiger partial charge is 0.351 e. The number of amides is 1. The number of anilines is 2. The fourth-order valence-electron chi connectivity index (χ4n) is 3.29. The third-order valence-electron chi connectivity index (χ3n) is 4.67. The van der Waals surface area contributed by atoms with Crippen LogP contribution in [0.2, 0.25) is 0 Å².